The zero-order valence-corrected chi connectivity index (χ0v) is 13.4. The summed E-state index contributed by atoms with van der Waals surface area (Å²) in [6, 6.07) is 3.01. The molecule has 0 amide bonds. The summed E-state index contributed by atoms with van der Waals surface area (Å²) in [5.74, 6) is -3.10. The Labute approximate surface area is 132 Å². The van der Waals surface area contributed by atoms with Crippen LogP contribution in [-0.2, 0) is 9.59 Å². The van der Waals surface area contributed by atoms with Gasteiger partial charge in [-0.25, -0.2) is 4.79 Å². The molecule has 122 valence electrons. The zero-order valence-electron chi connectivity index (χ0n) is 12.5. The second-order valence-corrected chi connectivity index (χ2v) is 5.88. The molecule has 0 aliphatic heterocycles. The standard InChI is InChI=1S/C14H20N2O5S/c1-3-16(4-2)14(13(20)21,8-7-11(17)18)12(19)9-5-6-10(15)22-9/h5-6H,3-4,7-8,15H2,1-2H3,(H,17,18)(H,20,21)/t14-/m1/s1. The number of ketones is 1. The van der Waals surface area contributed by atoms with Gasteiger partial charge in [0.05, 0.1) is 9.88 Å². The second kappa shape index (κ2) is 7.37. The Morgan fingerprint density at radius 2 is 1.82 bits per heavy atom. The highest BCUT2D eigenvalue weighted by atomic mass is 32.1. The number of anilines is 1. The van der Waals surface area contributed by atoms with Crippen molar-refractivity contribution in [3.8, 4) is 0 Å². The lowest BCUT2D eigenvalue weighted by molar-refractivity contribution is -0.149. The lowest BCUT2D eigenvalue weighted by atomic mass is 9.85. The van der Waals surface area contributed by atoms with Crippen molar-refractivity contribution in [2.45, 2.75) is 32.2 Å². The number of aliphatic carboxylic acids is 2. The van der Waals surface area contributed by atoms with Crippen LogP contribution in [0.4, 0.5) is 5.00 Å². The number of nitrogens with two attached hydrogens (primary N) is 1. The van der Waals surface area contributed by atoms with Gasteiger partial charge in [-0.3, -0.25) is 14.5 Å². The topological polar surface area (TPSA) is 121 Å². The molecule has 1 rings (SSSR count). The van der Waals surface area contributed by atoms with Crippen molar-refractivity contribution in [2.75, 3.05) is 18.8 Å². The number of likely N-dealkylation sites (N-methyl/N-ethyl adjacent to an activating group) is 1. The van der Waals surface area contributed by atoms with Crippen LogP contribution in [0.25, 0.3) is 0 Å². The first-order valence-corrected chi connectivity index (χ1v) is 7.71. The summed E-state index contributed by atoms with van der Waals surface area (Å²) < 4.78 is 0. The van der Waals surface area contributed by atoms with Gasteiger partial charge in [0.15, 0.2) is 5.54 Å². The van der Waals surface area contributed by atoms with E-state index in [1.165, 1.54) is 17.0 Å². The van der Waals surface area contributed by atoms with Gasteiger partial charge in [-0.15, -0.1) is 11.3 Å². The number of thiophene rings is 1. The third kappa shape index (κ3) is 3.45. The smallest absolute Gasteiger partial charge is 0.332 e. The maximum absolute atomic E-state index is 12.8. The molecule has 22 heavy (non-hydrogen) atoms. The monoisotopic (exact) mass is 328 g/mol. The molecule has 1 atom stereocenters. The predicted molar refractivity (Wildman–Crippen MR) is 83.2 cm³/mol. The summed E-state index contributed by atoms with van der Waals surface area (Å²) in [5.41, 5.74) is 3.72. The largest absolute Gasteiger partial charge is 0.481 e. The van der Waals surface area contributed by atoms with Crippen molar-refractivity contribution >= 4 is 34.1 Å². The predicted octanol–water partition coefficient (Wildman–Crippen LogP) is 1.54. The fourth-order valence-corrected chi connectivity index (χ4v) is 3.27. The number of carboxylic acid groups (broad SMARTS) is 2. The van der Waals surface area contributed by atoms with Crippen LogP contribution in [0, 0.1) is 0 Å². The fraction of sp³-hybridized carbons (Fsp3) is 0.500. The van der Waals surface area contributed by atoms with Crippen molar-refractivity contribution in [1.82, 2.24) is 4.90 Å². The van der Waals surface area contributed by atoms with Crippen molar-refractivity contribution in [2.24, 2.45) is 0 Å². The molecule has 4 N–H and O–H groups in total. The number of hydrogen-bond donors (Lipinski definition) is 3. The van der Waals surface area contributed by atoms with Crippen LogP contribution in [0.1, 0.15) is 36.4 Å². The number of nitrogens with zero attached hydrogens (tertiary/aromatic N) is 1. The van der Waals surface area contributed by atoms with E-state index in [1.54, 1.807) is 13.8 Å². The lowest BCUT2D eigenvalue weighted by Crippen LogP contribution is -2.60. The van der Waals surface area contributed by atoms with Gasteiger partial charge in [-0.2, -0.15) is 0 Å². The lowest BCUT2D eigenvalue weighted by Gasteiger charge is -2.37. The average Bonchev–Trinajstić information content (AvgIpc) is 2.88. The van der Waals surface area contributed by atoms with Crippen molar-refractivity contribution in [3.63, 3.8) is 0 Å². The van der Waals surface area contributed by atoms with Crippen LogP contribution in [0.15, 0.2) is 12.1 Å². The zero-order chi connectivity index (χ0) is 16.9. The van der Waals surface area contributed by atoms with E-state index in [4.69, 9.17) is 10.8 Å². The minimum atomic E-state index is -1.89. The van der Waals surface area contributed by atoms with E-state index in [0.717, 1.165) is 11.3 Å². The Morgan fingerprint density at radius 1 is 1.23 bits per heavy atom. The molecule has 0 saturated heterocycles. The highest BCUT2D eigenvalue weighted by Crippen LogP contribution is 2.31. The number of hydrogen-bond acceptors (Lipinski definition) is 6. The number of carbonyl (C=O) groups is 3. The molecular weight excluding hydrogens is 308 g/mol. The number of carbonyl (C=O) groups excluding carboxylic acids is 1. The Hall–Kier alpha value is -1.93. The average molecular weight is 328 g/mol. The third-order valence-electron chi connectivity index (χ3n) is 3.58. The third-order valence-corrected chi connectivity index (χ3v) is 4.50. The second-order valence-electron chi connectivity index (χ2n) is 4.76. The maximum atomic E-state index is 12.8. The molecule has 1 heterocycles. The molecule has 7 nitrogen and oxygen atoms in total. The van der Waals surface area contributed by atoms with Crippen LogP contribution in [0.2, 0.25) is 0 Å². The van der Waals surface area contributed by atoms with Gasteiger partial charge in [0, 0.05) is 6.42 Å². The van der Waals surface area contributed by atoms with Gasteiger partial charge in [0.2, 0.25) is 5.78 Å². The van der Waals surface area contributed by atoms with E-state index in [0.29, 0.717) is 18.1 Å². The van der Waals surface area contributed by atoms with Gasteiger partial charge in [-0.1, -0.05) is 13.8 Å². The molecule has 0 aromatic carbocycles. The summed E-state index contributed by atoms with van der Waals surface area (Å²) in [5, 5.41) is 19.0. The molecule has 0 aliphatic rings. The van der Waals surface area contributed by atoms with E-state index in [2.05, 4.69) is 0 Å². The molecular formula is C14H20N2O5S. The Morgan fingerprint density at radius 3 is 2.18 bits per heavy atom. The van der Waals surface area contributed by atoms with E-state index >= 15 is 0 Å². The van der Waals surface area contributed by atoms with E-state index < -0.39 is 29.7 Å². The number of carboxylic acids is 2. The molecule has 1 aromatic heterocycles. The Balaban J connectivity index is 3.36. The van der Waals surface area contributed by atoms with Crippen molar-refractivity contribution in [3.05, 3.63) is 17.0 Å². The SMILES string of the molecule is CCN(CC)[C@@](CCC(=O)O)(C(=O)O)C(=O)c1ccc(N)s1. The molecule has 8 heteroatoms. The van der Waals surface area contributed by atoms with Crippen molar-refractivity contribution < 1.29 is 24.6 Å². The molecule has 0 spiro atoms. The molecule has 0 aliphatic carbocycles. The van der Waals surface area contributed by atoms with Gasteiger partial charge < -0.3 is 15.9 Å². The van der Waals surface area contributed by atoms with Crippen LogP contribution in [0.3, 0.4) is 0 Å². The van der Waals surface area contributed by atoms with E-state index in [-0.39, 0.29) is 11.3 Å². The minimum Gasteiger partial charge on any atom is -0.481 e. The summed E-state index contributed by atoms with van der Waals surface area (Å²) in [4.78, 5) is 37.4. The number of Topliss-reactive ketones (excluding diaryl/α,β-unsaturated/α-hetero) is 1. The maximum Gasteiger partial charge on any atom is 0.332 e. The molecule has 0 radical (unpaired) electrons. The molecule has 0 fully saturated rings. The Bertz CT molecular complexity index is 567. The van der Waals surface area contributed by atoms with Crippen LogP contribution < -0.4 is 5.73 Å². The number of rotatable bonds is 9. The molecule has 0 saturated carbocycles. The van der Waals surface area contributed by atoms with E-state index in [1.807, 2.05) is 0 Å². The molecule has 0 unspecified atom stereocenters. The minimum absolute atomic E-state index is 0.220. The van der Waals surface area contributed by atoms with E-state index in [9.17, 15) is 19.5 Å². The summed E-state index contributed by atoms with van der Waals surface area (Å²) >= 11 is 1.00. The summed E-state index contributed by atoms with van der Waals surface area (Å²) in [7, 11) is 0. The molecule has 0 bridgehead atoms. The van der Waals surface area contributed by atoms with Crippen LogP contribution in [0.5, 0.6) is 0 Å². The first-order valence-electron chi connectivity index (χ1n) is 6.89. The summed E-state index contributed by atoms with van der Waals surface area (Å²) in [6.07, 6.45) is -0.703. The van der Waals surface area contributed by atoms with Gasteiger partial charge >= 0.3 is 11.9 Å². The Kier molecular flexibility index (Phi) is 6.07. The van der Waals surface area contributed by atoms with Gasteiger partial charge in [-0.05, 0) is 31.6 Å². The quantitative estimate of drug-likeness (QED) is 0.464. The normalized spacial score (nSPS) is 13.8. The first-order chi connectivity index (χ1) is 10.3. The highest BCUT2D eigenvalue weighted by molar-refractivity contribution is 7.17. The van der Waals surface area contributed by atoms with Gasteiger partial charge in [0.1, 0.15) is 0 Å². The summed E-state index contributed by atoms with van der Waals surface area (Å²) in [6.45, 7) is 4.10. The first kappa shape index (κ1) is 18.1. The molecule has 1 aromatic rings. The van der Waals surface area contributed by atoms with Crippen molar-refractivity contribution in [1.29, 1.82) is 0 Å². The number of nitrogen functional groups attached to an aromatic ring is 1. The van der Waals surface area contributed by atoms with Crippen LogP contribution >= 0.6 is 11.3 Å². The highest BCUT2D eigenvalue weighted by Gasteiger charge is 2.50. The fourth-order valence-electron chi connectivity index (χ4n) is 2.48. The van der Waals surface area contributed by atoms with Crippen LogP contribution in [-0.4, -0.2) is 51.5 Å². The van der Waals surface area contributed by atoms with Gasteiger partial charge in [0.25, 0.3) is 0 Å².